The molecule has 3 heterocycles. The van der Waals surface area contributed by atoms with Crippen LogP contribution in [0.3, 0.4) is 0 Å². The van der Waals surface area contributed by atoms with Gasteiger partial charge in [-0.2, -0.15) is 0 Å². The van der Waals surface area contributed by atoms with Crippen molar-refractivity contribution in [3.63, 3.8) is 0 Å². The Hall–Kier alpha value is -7.14. The Morgan fingerprint density at radius 2 is 1.31 bits per heavy atom. The topological polar surface area (TPSA) is 219 Å². The van der Waals surface area contributed by atoms with Gasteiger partial charge >= 0.3 is 6.09 Å². The number of methoxy groups -OCH3 is 2. The largest absolute Gasteiger partial charge is 0.494 e. The predicted octanol–water partition coefficient (Wildman–Crippen LogP) is 8.94. The molecular formula is C58H67F2N5O12S3. The summed E-state index contributed by atoms with van der Waals surface area (Å²) in [6.45, 7) is 14.1. The van der Waals surface area contributed by atoms with E-state index in [-0.39, 0.29) is 56.9 Å². The first-order chi connectivity index (χ1) is 37.2. The molecule has 80 heavy (non-hydrogen) atoms. The van der Waals surface area contributed by atoms with Gasteiger partial charge in [-0.25, -0.2) is 39.4 Å². The van der Waals surface area contributed by atoms with E-state index in [4.69, 9.17) is 19.2 Å². The van der Waals surface area contributed by atoms with Gasteiger partial charge in [0.2, 0.25) is 20.0 Å². The molecule has 22 heteroatoms. The first-order valence-electron chi connectivity index (χ1n) is 25.2. The quantitative estimate of drug-likeness (QED) is 0.0953. The Morgan fingerprint density at radius 3 is 1.91 bits per heavy atom. The lowest BCUT2D eigenvalue weighted by Gasteiger charge is -2.25. The number of nitrogens with zero attached hydrogens (tertiary/aromatic N) is 4. The third-order valence-electron chi connectivity index (χ3n) is 13.1. The lowest BCUT2D eigenvalue weighted by atomic mass is 9.88. The monoisotopic (exact) mass is 1160 g/mol. The highest BCUT2D eigenvalue weighted by atomic mass is 32.2. The summed E-state index contributed by atoms with van der Waals surface area (Å²) in [7, 11) is -0.640. The summed E-state index contributed by atoms with van der Waals surface area (Å²) in [5.74, 6) is -2.67. The number of ketones is 1. The van der Waals surface area contributed by atoms with Gasteiger partial charge in [-0.3, -0.25) is 23.6 Å². The molecule has 4 aromatic carbocycles. The van der Waals surface area contributed by atoms with E-state index in [0.29, 0.717) is 37.8 Å². The minimum atomic E-state index is -4.24. The van der Waals surface area contributed by atoms with Crippen LogP contribution in [0.25, 0.3) is 22.3 Å². The SMILES string of the molecule is CNS(=O)(=O)Cc1ccc2c(c1)-c1cn(C)c(=O)cc1[C@H](C)N=C2c1ccc(F)c(OC)c1.COc1cc(C(=O)c2ccc(CS(=O)(=O)N(C)C(=O)OC(C)(C)C)cc2-c2cn(C)c(=O)cc2[C@H](C)C[S@@](=O)C(C)(C)C)ccc1F. The molecule has 1 aliphatic heterocycles. The van der Waals surface area contributed by atoms with Gasteiger partial charge in [-0.1, -0.05) is 31.2 Å². The van der Waals surface area contributed by atoms with E-state index >= 15 is 0 Å². The van der Waals surface area contributed by atoms with Gasteiger partial charge in [0.05, 0.1) is 37.5 Å². The summed E-state index contributed by atoms with van der Waals surface area (Å²) in [5, 5.41) is 0. The van der Waals surface area contributed by atoms with Crippen LogP contribution in [-0.4, -0.2) is 96.5 Å². The molecule has 0 radical (unpaired) electrons. The Morgan fingerprint density at radius 1 is 0.750 bits per heavy atom. The fraction of sp³-hybridized carbons (Fsp3) is 0.362. The van der Waals surface area contributed by atoms with E-state index in [1.54, 1.807) is 71.5 Å². The third-order valence-corrected chi connectivity index (χ3v) is 18.3. The van der Waals surface area contributed by atoms with Crippen molar-refractivity contribution in [2.24, 2.45) is 19.1 Å². The number of hydrogen-bond donors (Lipinski definition) is 1. The molecule has 6 aromatic rings. The van der Waals surface area contributed by atoms with Crippen molar-refractivity contribution in [2.45, 2.75) is 89.2 Å². The van der Waals surface area contributed by atoms with Gasteiger partial charge in [-0.05, 0) is 143 Å². The van der Waals surface area contributed by atoms with Crippen LogP contribution in [0.1, 0.15) is 117 Å². The van der Waals surface area contributed by atoms with Crippen LogP contribution in [0.5, 0.6) is 11.5 Å². The summed E-state index contributed by atoms with van der Waals surface area (Å²) >= 11 is 0. The number of fused-ring (bicyclic) bond motifs is 3. The zero-order chi connectivity index (χ0) is 59.6. The minimum absolute atomic E-state index is 0.0937. The van der Waals surface area contributed by atoms with Crippen molar-refractivity contribution >= 4 is 48.4 Å². The van der Waals surface area contributed by atoms with Gasteiger partial charge in [0.25, 0.3) is 11.1 Å². The molecule has 0 saturated carbocycles. The lowest BCUT2D eigenvalue weighted by molar-refractivity contribution is 0.0420. The first kappa shape index (κ1) is 62.1. The highest BCUT2D eigenvalue weighted by Crippen LogP contribution is 2.39. The Labute approximate surface area is 468 Å². The average Bonchev–Trinajstić information content (AvgIpc) is 3.53. The molecule has 0 saturated heterocycles. The molecular weight excluding hydrogens is 1090 g/mol. The van der Waals surface area contributed by atoms with Crippen LogP contribution < -0.4 is 25.3 Å². The molecule has 1 amide bonds. The summed E-state index contributed by atoms with van der Waals surface area (Å²) in [5.41, 5.74) is 5.20. The summed E-state index contributed by atoms with van der Waals surface area (Å²) in [4.78, 5) is 56.8. The first-order valence-corrected chi connectivity index (χ1v) is 29.7. The van der Waals surface area contributed by atoms with E-state index in [2.05, 4.69) is 4.72 Å². The molecule has 2 aromatic heterocycles. The number of ether oxygens (including phenoxy) is 3. The van der Waals surface area contributed by atoms with Crippen LogP contribution >= 0.6 is 0 Å². The van der Waals surface area contributed by atoms with Gasteiger partial charge < -0.3 is 23.3 Å². The Bertz CT molecular complexity index is 3810. The molecule has 0 aliphatic carbocycles. The van der Waals surface area contributed by atoms with E-state index in [9.17, 15) is 49.0 Å². The predicted molar refractivity (Wildman–Crippen MR) is 307 cm³/mol. The van der Waals surface area contributed by atoms with Crippen molar-refractivity contribution in [1.82, 2.24) is 18.2 Å². The normalized spacial score (nSPS) is 14.2. The average molecular weight is 1160 g/mol. The number of benzene rings is 4. The number of sulfonamides is 2. The second-order valence-electron chi connectivity index (χ2n) is 21.3. The zero-order valence-corrected chi connectivity index (χ0v) is 49.6. The zero-order valence-electron chi connectivity index (χ0n) is 47.2. The summed E-state index contributed by atoms with van der Waals surface area (Å²) < 4.78 is 113. The maximum absolute atomic E-state index is 14.2. The molecule has 17 nitrogen and oxygen atoms in total. The number of halogens is 2. The van der Waals surface area contributed by atoms with Gasteiger partial charge in [-0.15, -0.1) is 0 Å². The van der Waals surface area contributed by atoms with Crippen molar-refractivity contribution in [3.05, 3.63) is 174 Å². The lowest BCUT2D eigenvalue weighted by Crippen LogP contribution is -2.38. The fourth-order valence-corrected chi connectivity index (χ4v) is 11.6. The van der Waals surface area contributed by atoms with Crippen molar-refractivity contribution in [2.75, 3.05) is 34.1 Å². The number of aryl methyl sites for hydroxylation is 2. The number of rotatable bonds is 15. The van der Waals surface area contributed by atoms with Crippen LogP contribution in [0, 0.1) is 11.6 Å². The summed E-state index contributed by atoms with van der Waals surface area (Å²) in [6.07, 6.45) is 2.25. The number of carbonyl (C=O) groups excluding carboxylic acids is 2. The van der Waals surface area contributed by atoms with E-state index in [1.807, 2.05) is 46.8 Å². The van der Waals surface area contributed by atoms with Gasteiger partial charge in [0.15, 0.2) is 28.9 Å². The van der Waals surface area contributed by atoms with Crippen molar-refractivity contribution in [1.29, 1.82) is 0 Å². The highest BCUT2D eigenvalue weighted by Gasteiger charge is 2.31. The highest BCUT2D eigenvalue weighted by molar-refractivity contribution is 7.89. The van der Waals surface area contributed by atoms with Crippen LogP contribution in [-0.2, 0) is 61.2 Å². The van der Waals surface area contributed by atoms with Gasteiger partial charge in [0, 0.05) is 100 Å². The van der Waals surface area contributed by atoms with Crippen molar-refractivity contribution in [3.8, 4) is 33.8 Å². The van der Waals surface area contributed by atoms with Crippen molar-refractivity contribution < 1.29 is 53.6 Å². The maximum atomic E-state index is 14.2. The molecule has 7 rings (SSSR count). The molecule has 1 N–H and O–H groups in total. The van der Waals surface area contributed by atoms with E-state index in [1.165, 1.54) is 72.9 Å². The third kappa shape index (κ3) is 14.4. The smallest absolute Gasteiger partial charge is 0.423 e. The Kier molecular flexibility index (Phi) is 18.9. The molecule has 1 aliphatic rings. The molecule has 0 unspecified atom stereocenters. The molecule has 0 fully saturated rings. The number of hydrogen-bond acceptors (Lipinski definition) is 13. The van der Waals surface area contributed by atoms with E-state index in [0.717, 1.165) is 35.4 Å². The number of aliphatic imine (C=N–C) groups is 1. The maximum Gasteiger partial charge on any atom is 0.423 e. The van der Waals surface area contributed by atoms with Crippen LogP contribution in [0.15, 0.2) is 112 Å². The minimum Gasteiger partial charge on any atom is -0.494 e. The molecule has 0 bridgehead atoms. The summed E-state index contributed by atoms with van der Waals surface area (Å²) in [6, 6.07) is 20.6. The number of pyridine rings is 2. The van der Waals surface area contributed by atoms with E-state index < -0.39 is 76.4 Å². The molecule has 0 spiro atoms. The van der Waals surface area contributed by atoms with Gasteiger partial charge in [0.1, 0.15) is 5.60 Å². The molecule has 3 atom stereocenters. The van der Waals surface area contributed by atoms with Crippen LogP contribution in [0.4, 0.5) is 13.6 Å². The Balaban J connectivity index is 0.000000273. The number of aromatic nitrogens is 2. The second kappa shape index (κ2) is 24.3. The fourth-order valence-electron chi connectivity index (χ4n) is 8.64. The standard InChI is InChI=1S/C34H43FN2O8S2.C24H24FN3O4S/c1-21(19-46(41)34(5,6)7)25-17-30(38)36(8)18-27(25)26-15-22(20-47(42,43)37(9)32(40)45-33(2,3)4)11-13-24(26)31(39)23-12-14-28(35)29(16-23)44-10;1-14-18-11-23(29)28(3)12-20(18)19-9-15(13-33(30,31)26-2)5-7-17(19)24(27-14)16-6-8-21(25)22(10-16)32-4/h11-18,21H,19-20H2,1-10H3;5-12,14,26H,13H2,1-4H3/t21-,46-;14-/m10/s1. The molecule has 428 valence electrons. The number of carbonyl (C=O) groups is 2. The van der Waals surface area contributed by atoms with Crippen LogP contribution in [0.2, 0.25) is 0 Å². The second-order valence-corrected chi connectivity index (χ2v) is 27.5. The number of nitrogens with one attached hydrogen (secondary N) is 1. The number of amides is 1.